The van der Waals surface area contributed by atoms with Crippen LogP contribution in [0.3, 0.4) is 0 Å². The van der Waals surface area contributed by atoms with Gasteiger partial charge in [0, 0.05) is 18.5 Å². The molecule has 1 amide bonds. The minimum atomic E-state index is -3.74. The molecule has 7 nitrogen and oxygen atoms in total. The van der Waals surface area contributed by atoms with E-state index in [4.69, 9.17) is 5.21 Å². The normalized spacial score (nSPS) is 11.9. The van der Waals surface area contributed by atoms with E-state index in [1.165, 1.54) is 33.9 Å². The van der Waals surface area contributed by atoms with Crippen LogP contribution in [-0.2, 0) is 14.8 Å². The lowest BCUT2D eigenvalue weighted by Gasteiger charge is -2.07. The number of rotatable bonds is 4. The van der Waals surface area contributed by atoms with Crippen molar-refractivity contribution in [1.29, 1.82) is 0 Å². The van der Waals surface area contributed by atoms with Crippen LogP contribution in [0.15, 0.2) is 65.8 Å². The molecule has 0 spiro atoms. The predicted octanol–water partition coefficient (Wildman–Crippen LogP) is 1.79. The Morgan fingerprint density at radius 3 is 2.62 bits per heavy atom. The van der Waals surface area contributed by atoms with Crippen LogP contribution in [0.5, 0.6) is 0 Å². The van der Waals surface area contributed by atoms with Gasteiger partial charge in [0.1, 0.15) is 0 Å². The van der Waals surface area contributed by atoms with Crippen molar-refractivity contribution < 1.29 is 18.4 Å². The van der Waals surface area contributed by atoms with Gasteiger partial charge in [-0.3, -0.25) is 15.0 Å². The van der Waals surface area contributed by atoms with Crippen LogP contribution in [0.4, 0.5) is 0 Å². The van der Waals surface area contributed by atoms with E-state index in [0.29, 0.717) is 16.6 Å². The molecule has 0 saturated heterocycles. The van der Waals surface area contributed by atoms with E-state index in [2.05, 4.69) is 4.98 Å². The molecule has 0 bridgehead atoms. The molecule has 2 heterocycles. The summed E-state index contributed by atoms with van der Waals surface area (Å²) in [6, 6.07) is 11.0. The summed E-state index contributed by atoms with van der Waals surface area (Å²) in [6.07, 6.45) is 5.65. The van der Waals surface area contributed by atoms with Gasteiger partial charge < -0.3 is 0 Å². The van der Waals surface area contributed by atoms with E-state index < -0.39 is 15.9 Å². The highest BCUT2D eigenvalue weighted by molar-refractivity contribution is 7.90. The predicted molar refractivity (Wildman–Crippen MR) is 87.7 cm³/mol. The Hall–Kier alpha value is -2.97. The Kier molecular flexibility index (Phi) is 4.15. The lowest BCUT2D eigenvalue weighted by atomic mass is 10.2. The summed E-state index contributed by atoms with van der Waals surface area (Å²) in [5.74, 6) is -0.669. The molecule has 3 rings (SSSR count). The molecular formula is C16H13N3O4S. The van der Waals surface area contributed by atoms with E-state index in [0.717, 1.165) is 6.08 Å². The average Bonchev–Trinajstić information content (AvgIpc) is 3.05. The molecule has 0 aliphatic heterocycles. The van der Waals surface area contributed by atoms with E-state index in [9.17, 15) is 13.2 Å². The summed E-state index contributed by atoms with van der Waals surface area (Å²) < 4.78 is 26.7. The van der Waals surface area contributed by atoms with Crippen LogP contribution in [0, 0.1) is 0 Å². The first-order valence-electron chi connectivity index (χ1n) is 6.92. The van der Waals surface area contributed by atoms with Gasteiger partial charge in [0.15, 0.2) is 0 Å². The molecule has 3 aromatic rings. The summed E-state index contributed by atoms with van der Waals surface area (Å²) in [5.41, 5.74) is 3.19. The zero-order valence-corrected chi connectivity index (χ0v) is 13.1. The number of carbonyl (C=O) groups excluding carboxylic acids is 1. The molecule has 0 radical (unpaired) electrons. The molecule has 0 aliphatic rings. The van der Waals surface area contributed by atoms with E-state index in [1.807, 2.05) is 0 Å². The molecule has 0 saturated carbocycles. The fourth-order valence-electron chi connectivity index (χ4n) is 2.23. The smallest absolute Gasteiger partial charge is 0.268 e. The first-order chi connectivity index (χ1) is 11.5. The van der Waals surface area contributed by atoms with Gasteiger partial charge in [-0.05, 0) is 42.0 Å². The maximum absolute atomic E-state index is 12.8. The van der Waals surface area contributed by atoms with Crippen LogP contribution in [0.2, 0.25) is 0 Å². The Balaban J connectivity index is 1.96. The summed E-state index contributed by atoms with van der Waals surface area (Å²) in [7, 11) is -3.74. The number of carbonyl (C=O) groups is 1. The Bertz CT molecular complexity index is 1020. The summed E-state index contributed by atoms with van der Waals surface area (Å²) in [4.78, 5) is 15.2. The molecule has 122 valence electrons. The second-order valence-electron chi connectivity index (χ2n) is 4.90. The fourth-order valence-corrected chi connectivity index (χ4v) is 3.57. The van der Waals surface area contributed by atoms with Crippen LogP contribution in [0.25, 0.3) is 17.1 Å². The van der Waals surface area contributed by atoms with Gasteiger partial charge in [-0.1, -0.05) is 12.1 Å². The van der Waals surface area contributed by atoms with Gasteiger partial charge in [0.25, 0.3) is 15.9 Å². The minimum absolute atomic E-state index is 0.118. The monoisotopic (exact) mass is 343 g/mol. The molecular weight excluding hydrogens is 330 g/mol. The lowest BCUT2D eigenvalue weighted by Crippen LogP contribution is -2.14. The van der Waals surface area contributed by atoms with Crippen LogP contribution in [-0.4, -0.2) is 28.5 Å². The number of hydrogen-bond acceptors (Lipinski definition) is 5. The quantitative estimate of drug-likeness (QED) is 0.427. The Morgan fingerprint density at radius 2 is 1.92 bits per heavy atom. The zero-order chi connectivity index (χ0) is 17.2. The average molecular weight is 343 g/mol. The lowest BCUT2D eigenvalue weighted by molar-refractivity contribution is -0.124. The molecule has 1 aromatic carbocycles. The van der Waals surface area contributed by atoms with Gasteiger partial charge in [-0.25, -0.2) is 17.9 Å². The first-order valence-corrected chi connectivity index (χ1v) is 8.36. The van der Waals surface area contributed by atoms with E-state index in [1.54, 1.807) is 36.5 Å². The maximum atomic E-state index is 12.8. The van der Waals surface area contributed by atoms with E-state index in [-0.39, 0.29) is 4.90 Å². The number of hydroxylamine groups is 1. The fraction of sp³-hybridized carbons (Fsp3) is 0. The number of hydrogen-bond donors (Lipinski definition) is 2. The van der Waals surface area contributed by atoms with Crippen LogP contribution >= 0.6 is 0 Å². The number of fused-ring (bicyclic) bond motifs is 1. The van der Waals surface area contributed by atoms with Crippen molar-refractivity contribution in [1.82, 2.24) is 14.4 Å². The first kappa shape index (κ1) is 15.9. The molecule has 0 unspecified atom stereocenters. The topological polar surface area (TPSA) is 101 Å². The number of aromatic nitrogens is 2. The minimum Gasteiger partial charge on any atom is -0.288 e. The maximum Gasteiger partial charge on any atom is 0.268 e. The summed E-state index contributed by atoms with van der Waals surface area (Å²) in [6.45, 7) is 0. The number of benzene rings is 1. The van der Waals surface area contributed by atoms with Crippen molar-refractivity contribution in [2.75, 3.05) is 0 Å². The zero-order valence-electron chi connectivity index (χ0n) is 12.3. The number of nitrogens with zero attached hydrogens (tertiary/aromatic N) is 2. The molecule has 0 fully saturated rings. The highest BCUT2D eigenvalue weighted by Gasteiger charge is 2.18. The third kappa shape index (κ3) is 2.92. The molecule has 8 heteroatoms. The van der Waals surface area contributed by atoms with Gasteiger partial charge in [0.05, 0.1) is 15.9 Å². The number of amides is 1. The largest absolute Gasteiger partial charge is 0.288 e. The summed E-state index contributed by atoms with van der Waals surface area (Å²) in [5, 5.41) is 8.42. The van der Waals surface area contributed by atoms with Crippen molar-refractivity contribution in [2.45, 2.75) is 4.90 Å². The molecule has 24 heavy (non-hydrogen) atoms. The van der Waals surface area contributed by atoms with Crippen molar-refractivity contribution in [3.05, 3.63) is 66.5 Å². The molecule has 2 aromatic heterocycles. The van der Waals surface area contributed by atoms with Gasteiger partial charge >= 0.3 is 0 Å². The highest BCUT2D eigenvalue weighted by Crippen LogP contribution is 2.21. The van der Waals surface area contributed by atoms with Crippen molar-refractivity contribution >= 4 is 33.0 Å². The van der Waals surface area contributed by atoms with Gasteiger partial charge in [-0.15, -0.1) is 0 Å². The highest BCUT2D eigenvalue weighted by atomic mass is 32.2. The third-order valence-corrected chi connectivity index (χ3v) is 5.10. The van der Waals surface area contributed by atoms with Crippen molar-refractivity contribution in [3.8, 4) is 0 Å². The molecule has 0 aliphatic carbocycles. The summed E-state index contributed by atoms with van der Waals surface area (Å²) >= 11 is 0. The van der Waals surface area contributed by atoms with Crippen LogP contribution < -0.4 is 5.48 Å². The third-order valence-electron chi connectivity index (χ3n) is 3.40. The number of nitrogens with one attached hydrogen (secondary N) is 1. The second-order valence-corrected chi connectivity index (χ2v) is 6.72. The second kappa shape index (κ2) is 6.26. The molecule has 0 atom stereocenters. The molecule has 2 N–H and O–H groups in total. The SMILES string of the molecule is O=C(/C=C/c1ccc(S(=O)(=O)n2ccc3ncccc32)cc1)NO. The Morgan fingerprint density at radius 1 is 1.17 bits per heavy atom. The number of pyridine rings is 1. The van der Waals surface area contributed by atoms with Crippen molar-refractivity contribution in [2.24, 2.45) is 0 Å². The van der Waals surface area contributed by atoms with Gasteiger partial charge in [0.2, 0.25) is 0 Å². The van der Waals surface area contributed by atoms with E-state index >= 15 is 0 Å². The van der Waals surface area contributed by atoms with Crippen molar-refractivity contribution in [3.63, 3.8) is 0 Å². The Labute approximate surface area is 137 Å². The van der Waals surface area contributed by atoms with Crippen LogP contribution in [0.1, 0.15) is 5.56 Å². The standard InChI is InChI=1S/C16H13N3O4S/c20-16(18-21)8-5-12-3-6-13(7-4-12)24(22,23)19-11-9-14-15(19)2-1-10-17-14/h1-11,21H,(H,18,20)/b8-5+. The van der Waals surface area contributed by atoms with Gasteiger partial charge in [-0.2, -0.15) is 0 Å².